The summed E-state index contributed by atoms with van der Waals surface area (Å²) in [5.41, 5.74) is 5.85. The van der Waals surface area contributed by atoms with Gasteiger partial charge in [-0.2, -0.15) is 5.10 Å². The highest BCUT2D eigenvalue weighted by Crippen LogP contribution is 2.18. The van der Waals surface area contributed by atoms with Crippen molar-refractivity contribution >= 4 is 17.3 Å². The van der Waals surface area contributed by atoms with Crippen molar-refractivity contribution in [2.75, 3.05) is 37.7 Å². The van der Waals surface area contributed by atoms with Crippen LogP contribution in [0.2, 0.25) is 0 Å². The summed E-state index contributed by atoms with van der Waals surface area (Å²) in [5, 5.41) is 7.47. The first kappa shape index (κ1) is 19.9. The lowest BCUT2D eigenvalue weighted by Gasteiger charge is -2.29. The minimum Gasteiger partial charge on any atom is -0.494 e. The molecule has 6 heteroatoms. The van der Waals surface area contributed by atoms with Gasteiger partial charge < -0.3 is 15.0 Å². The molecule has 0 unspecified atom stereocenters. The highest BCUT2D eigenvalue weighted by atomic mass is 16.5. The van der Waals surface area contributed by atoms with Crippen LogP contribution in [-0.2, 0) is 4.79 Å². The van der Waals surface area contributed by atoms with Gasteiger partial charge in [0, 0.05) is 44.7 Å². The molecule has 0 aliphatic carbocycles. The van der Waals surface area contributed by atoms with E-state index in [1.165, 1.54) is 5.69 Å². The molecule has 0 spiro atoms. The molecule has 6 nitrogen and oxygen atoms in total. The molecule has 0 radical (unpaired) electrons. The first-order valence-corrected chi connectivity index (χ1v) is 9.85. The highest BCUT2D eigenvalue weighted by Gasteiger charge is 2.14. The first-order chi connectivity index (χ1) is 13.8. The zero-order valence-electron chi connectivity index (χ0n) is 16.4. The minimum atomic E-state index is 0.00110. The van der Waals surface area contributed by atoms with Crippen molar-refractivity contribution in [3.05, 3.63) is 60.2 Å². The predicted molar refractivity (Wildman–Crippen MR) is 113 cm³/mol. The van der Waals surface area contributed by atoms with E-state index in [1.54, 1.807) is 0 Å². The van der Waals surface area contributed by atoms with Crippen molar-refractivity contribution in [1.82, 2.24) is 10.7 Å². The van der Waals surface area contributed by atoms with Crippen molar-refractivity contribution in [3.8, 4) is 5.75 Å². The Balaban J connectivity index is 0.000000211. The number of nitrogens with zero attached hydrogens (tertiary/aromatic N) is 2. The van der Waals surface area contributed by atoms with Crippen LogP contribution in [0.1, 0.15) is 25.3 Å². The Hall–Kier alpha value is -2.86. The fraction of sp³-hybridized carbons (Fsp3) is 0.364. The van der Waals surface area contributed by atoms with E-state index in [0.29, 0.717) is 6.42 Å². The molecule has 2 aliphatic heterocycles. The quantitative estimate of drug-likeness (QED) is 0.856. The Bertz CT molecular complexity index is 769. The van der Waals surface area contributed by atoms with Crippen LogP contribution in [0.4, 0.5) is 5.69 Å². The van der Waals surface area contributed by atoms with Crippen LogP contribution < -0.4 is 20.4 Å². The van der Waals surface area contributed by atoms with Gasteiger partial charge in [0.15, 0.2) is 0 Å². The number of ether oxygens (including phenoxy) is 1. The molecule has 1 fully saturated rings. The summed E-state index contributed by atoms with van der Waals surface area (Å²) in [7, 11) is 0. The van der Waals surface area contributed by atoms with Crippen LogP contribution in [-0.4, -0.2) is 44.4 Å². The van der Waals surface area contributed by atoms with Gasteiger partial charge in [-0.1, -0.05) is 30.3 Å². The van der Waals surface area contributed by atoms with Crippen molar-refractivity contribution in [3.63, 3.8) is 0 Å². The summed E-state index contributed by atoms with van der Waals surface area (Å²) < 4.78 is 5.21. The average molecular weight is 380 g/mol. The van der Waals surface area contributed by atoms with E-state index >= 15 is 0 Å². The first-order valence-electron chi connectivity index (χ1n) is 9.85. The van der Waals surface area contributed by atoms with Gasteiger partial charge in [-0.25, -0.2) is 5.43 Å². The van der Waals surface area contributed by atoms with E-state index in [4.69, 9.17) is 4.74 Å². The molecule has 2 aliphatic rings. The number of carbonyl (C=O) groups is 1. The summed E-state index contributed by atoms with van der Waals surface area (Å²) in [6.07, 6.45) is 1.25. The molecule has 2 N–H and O–H groups in total. The van der Waals surface area contributed by atoms with E-state index in [9.17, 15) is 4.79 Å². The molecule has 148 valence electrons. The van der Waals surface area contributed by atoms with Crippen LogP contribution in [0, 0.1) is 0 Å². The zero-order chi connectivity index (χ0) is 19.6. The molecule has 2 heterocycles. The summed E-state index contributed by atoms with van der Waals surface area (Å²) >= 11 is 0. The largest absolute Gasteiger partial charge is 0.494 e. The Morgan fingerprint density at radius 1 is 1.00 bits per heavy atom. The van der Waals surface area contributed by atoms with Crippen LogP contribution in [0.15, 0.2) is 59.7 Å². The Morgan fingerprint density at radius 3 is 2.32 bits per heavy atom. The number of amides is 1. The molecule has 2 aromatic rings. The van der Waals surface area contributed by atoms with Crippen LogP contribution in [0.5, 0.6) is 5.75 Å². The van der Waals surface area contributed by atoms with Gasteiger partial charge in [0.1, 0.15) is 5.75 Å². The topological polar surface area (TPSA) is 66.0 Å². The van der Waals surface area contributed by atoms with Gasteiger partial charge in [-0.05, 0) is 36.8 Å². The monoisotopic (exact) mass is 380 g/mol. The van der Waals surface area contributed by atoms with E-state index in [-0.39, 0.29) is 5.91 Å². The standard InChI is InChI=1S/C14H18N4O.C8H10O/c19-14-6-5-13(16-17-14)11-1-3-12(4-2-11)18-9-7-15-8-10-18;1-2-9-8-6-4-3-5-7-8/h1-4,15H,5-10H2,(H,17,19);3-7H,2H2,1H3. The Labute approximate surface area is 166 Å². The fourth-order valence-corrected chi connectivity index (χ4v) is 3.15. The summed E-state index contributed by atoms with van der Waals surface area (Å²) in [5.74, 6) is 0.946. The maximum Gasteiger partial charge on any atom is 0.240 e. The number of hydrogen-bond acceptors (Lipinski definition) is 5. The number of anilines is 1. The van der Waals surface area contributed by atoms with E-state index in [0.717, 1.165) is 56.2 Å². The molecule has 0 saturated carbocycles. The number of carbonyl (C=O) groups excluding carboxylic acids is 1. The number of benzene rings is 2. The van der Waals surface area contributed by atoms with Crippen molar-refractivity contribution in [1.29, 1.82) is 0 Å². The zero-order valence-corrected chi connectivity index (χ0v) is 16.4. The molecule has 0 atom stereocenters. The molecular formula is C22H28N4O2. The number of piperazine rings is 1. The fourth-order valence-electron chi connectivity index (χ4n) is 3.15. The summed E-state index contributed by atoms with van der Waals surface area (Å²) in [6.45, 7) is 6.91. The maximum atomic E-state index is 11.1. The van der Waals surface area contributed by atoms with Crippen molar-refractivity contribution in [2.24, 2.45) is 5.10 Å². The minimum absolute atomic E-state index is 0.00110. The van der Waals surface area contributed by atoms with Crippen LogP contribution in [0.25, 0.3) is 0 Å². The summed E-state index contributed by atoms with van der Waals surface area (Å²) in [4.78, 5) is 13.4. The SMILES string of the molecule is CCOc1ccccc1.O=C1CCC(c2ccc(N3CCNCC3)cc2)=NN1. The second kappa shape index (κ2) is 10.5. The van der Waals surface area contributed by atoms with Gasteiger partial charge in [0.05, 0.1) is 12.3 Å². The highest BCUT2D eigenvalue weighted by molar-refractivity contribution is 6.04. The molecular weight excluding hydrogens is 352 g/mol. The molecule has 1 saturated heterocycles. The number of nitrogens with one attached hydrogen (secondary N) is 2. The van der Waals surface area contributed by atoms with Crippen molar-refractivity contribution < 1.29 is 9.53 Å². The van der Waals surface area contributed by atoms with Gasteiger partial charge >= 0.3 is 0 Å². The normalized spacial score (nSPS) is 16.4. The average Bonchev–Trinajstić information content (AvgIpc) is 2.77. The second-order valence-electron chi connectivity index (χ2n) is 6.62. The van der Waals surface area contributed by atoms with E-state index in [2.05, 4.69) is 45.0 Å². The van der Waals surface area contributed by atoms with E-state index in [1.807, 2.05) is 37.3 Å². The third-order valence-corrected chi connectivity index (χ3v) is 4.64. The predicted octanol–water partition coefficient (Wildman–Crippen LogP) is 2.80. The Morgan fingerprint density at radius 2 is 1.71 bits per heavy atom. The maximum absolute atomic E-state index is 11.1. The smallest absolute Gasteiger partial charge is 0.240 e. The number of rotatable bonds is 4. The molecule has 2 aromatic carbocycles. The van der Waals surface area contributed by atoms with Gasteiger partial charge in [0.2, 0.25) is 5.91 Å². The third-order valence-electron chi connectivity index (χ3n) is 4.64. The second-order valence-corrected chi connectivity index (χ2v) is 6.62. The Kier molecular flexibility index (Phi) is 7.44. The number of para-hydroxylation sites is 1. The van der Waals surface area contributed by atoms with Gasteiger partial charge in [-0.15, -0.1) is 0 Å². The van der Waals surface area contributed by atoms with Crippen molar-refractivity contribution in [2.45, 2.75) is 19.8 Å². The number of hydrogen-bond donors (Lipinski definition) is 2. The van der Waals surface area contributed by atoms with Gasteiger partial charge in [-0.3, -0.25) is 4.79 Å². The molecule has 1 amide bonds. The van der Waals surface area contributed by atoms with E-state index < -0.39 is 0 Å². The van der Waals surface area contributed by atoms with Crippen LogP contribution >= 0.6 is 0 Å². The lowest BCUT2D eigenvalue weighted by atomic mass is 10.0. The van der Waals surface area contributed by atoms with Crippen LogP contribution in [0.3, 0.4) is 0 Å². The molecule has 0 bridgehead atoms. The molecule has 0 aromatic heterocycles. The summed E-state index contributed by atoms with van der Waals surface area (Å²) in [6, 6.07) is 18.3. The lowest BCUT2D eigenvalue weighted by Crippen LogP contribution is -2.43. The van der Waals surface area contributed by atoms with Gasteiger partial charge in [0.25, 0.3) is 0 Å². The molecule has 28 heavy (non-hydrogen) atoms. The number of hydrazone groups is 1. The lowest BCUT2D eigenvalue weighted by molar-refractivity contribution is -0.121. The molecule has 4 rings (SSSR count). The third kappa shape index (κ3) is 5.82.